The normalized spacial score (nSPS) is 13.6. The molecule has 6 heteroatoms. The minimum absolute atomic E-state index is 0.0337. The Kier molecular flexibility index (Phi) is 6.06. The second kappa shape index (κ2) is 9.82. The van der Waals surface area contributed by atoms with E-state index in [0.717, 1.165) is 48.9 Å². The maximum absolute atomic E-state index is 13.7. The van der Waals surface area contributed by atoms with Crippen LogP contribution in [0.25, 0.3) is 16.7 Å². The van der Waals surface area contributed by atoms with E-state index in [9.17, 15) is 4.79 Å². The van der Waals surface area contributed by atoms with Crippen molar-refractivity contribution in [1.82, 2.24) is 9.55 Å². The topological polar surface area (TPSA) is 53.4 Å². The number of aromatic nitrogens is 2. The number of aryl methyl sites for hydroxylation is 1. The molecule has 0 unspecified atom stereocenters. The van der Waals surface area contributed by atoms with Crippen molar-refractivity contribution in [3.63, 3.8) is 0 Å². The number of anilines is 4. The number of fused-ring (bicyclic) bond motifs is 1. The molecular formula is C31H29N5O. The van der Waals surface area contributed by atoms with Gasteiger partial charge in [-0.05, 0) is 49.4 Å². The summed E-state index contributed by atoms with van der Waals surface area (Å²) in [6.45, 7) is 5.46. The van der Waals surface area contributed by atoms with E-state index in [1.165, 1.54) is 5.69 Å². The van der Waals surface area contributed by atoms with Gasteiger partial charge >= 0.3 is 0 Å². The Labute approximate surface area is 216 Å². The summed E-state index contributed by atoms with van der Waals surface area (Å²) in [7, 11) is 0. The number of benzene rings is 3. The van der Waals surface area contributed by atoms with Crippen molar-refractivity contribution in [3.05, 3.63) is 119 Å². The van der Waals surface area contributed by atoms with Crippen LogP contribution >= 0.6 is 0 Å². The molecule has 1 aliphatic heterocycles. The maximum Gasteiger partial charge on any atom is 0.195 e. The van der Waals surface area contributed by atoms with Gasteiger partial charge in [0.1, 0.15) is 5.82 Å². The lowest BCUT2D eigenvalue weighted by molar-refractivity contribution is 0.654. The molecule has 37 heavy (non-hydrogen) atoms. The molecule has 2 aromatic heterocycles. The van der Waals surface area contributed by atoms with Gasteiger partial charge in [0, 0.05) is 55.0 Å². The Hall–Kier alpha value is -4.58. The molecule has 0 bridgehead atoms. The van der Waals surface area contributed by atoms with Crippen LogP contribution in [0, 0.1) is 6.92 Å². The molecule has 0 radical (unpaired) electrons. The van der Waals surface area contributed by atoms with Crippen LogP contribution in [0.5, 0.6) is 0 Å². The predicted octanol–water partition coefficient (Wildman–Crippen LogP) is 5.76. The molecule has 6 nitrogen and oxygen atoms in total. The second-order valence-electron chi connectivity index (χ2n) is 9.35. The van der Waals surface area contributed by atoms with Gasteiger partial charge in [0.25, 0.3) is 0 Å². The Balaban J connectivity index is 1.46. The standard InChI is InChI=1S/C31H29N5O/c1-23-21-27(35-19-17-34(18-20-35)25-13-7-3-8-14-25)30-28(37)22-29(33-24-11-5-2-6-12-24)36(31(30)32-23)26-15-9-4-10-16-26/h2-16,21-22,33H,17-20H2,1H3. The van der Waals surface area contributed by atoms with Crippen LogP contribution in [0.4, 0.5) is 22.9 Å². The van der Waals surface area contributed by atoms with Gasteiger partial charge in [0.15, 0.2) is 11.1 Å². The number of para-hydroxylation sites is 3. The van der Waals surface area contributed by atoms with E-state index in [-0.39, 0.29) is 5.43 Å². The molecule has 0 saturated carbocycles. The molecule has 1 fully saturated rings. The number of hydrogen-bond acceptors (Lipinski definition) is 5. The summed E-state index contributed by atoms with van der Waals surface area (Å²) in [5.74, 6) is 0.688. The third kappa shape index (κ3) is 4.54. The molecule has 1 N–H and O–H groups in total. The highest BCUT2D eigenvalue weighted by Crippen LogP contribution is 2.31. The van der Waals surface area contributed by atoms with Crippen LogP contribution in [0.2, 0.25) is 0 Å². The van der Waals surface area contributed by atoms with E-state index in [1.54, 1.807) is 6.07 Å². The van der Waals surface area contributed by atoms with Gasteiger partial charge in [-0.1, -0.05) is 54.6 Å². The molecule has 0 amide bonds. The van der Waals surface area contributed by atoms with Crippen LogP contribution in [0.15, 0.2) is 108 Å². The number of nitrogens with zero attached hydrogens (tertiary/aromatic N) is 4. The van der Waals surface area contributed by atoms with Gasteiger partial charge in [-0.2, -0.15) is 0 Å². The van der Waals surface area contributed by atoms with Crippen molar-refractivity contribution in [3.8, 4) is 5.69 Å². The molecule has 1 saturated heterocycles. The van der Waals surface area contributed by atoms with Gasteiger partial charge in [0.05, 0.1) is 11.1 Å². The average molecular weight is 488 g/mol. The predicted molar refractivity (Wildman–Crippen MR) is 153 cm³/mol. The first-order valence-corrected chi connectivity index (χ1v) is 12.7. The highest BCUT2D eigenvalue weighted by Gasteiger charge is 2.23. The molecule has 3 aromatic carbocycles. The molecule has 3 heterocycles. The van der Waals surface area contributed by atoms with E-state index in [1.807, 2.05) is 73.7 Å². The molecule has 0 aliphatic carbocycles. The second-order valence-corrected chi connectivity index (χ2v) is 9.35. The monoisotopic (exact) mass is 487 g/mol. The first-order valence-electron chi connectivity index (χ1n) is 12.7. The molecule has 1 aliphatic rings. The fraction of sp³-hybridized carbons (Fsp3) is 0.161. The fourth-order valence-electron chi connectivity index (χ4n) is 5.11. The first kappa shape index (κ1) is 22.9. The number of rotatable bonds is 5. The van der Waals surface area contributed by atoms with Crippen molar-refractivity contribution in [1.29, 1.82) is 0 Å². The summed E-state index contributed by atoms with van der Waals surface area (Å²) in [6.07, 6.45) is 0. The lowest BCUT2D eigenvalue weighted by Crippen LogP contribution is -2.46. The number of piperazine rings is 1. The van der Waals surface area contributed by atoms with Crippen LogP contribution in [-0.4, -0.2) is 35.7 Å². The summed E-state index contributed by atoms with van der Waals surface area (Å²) >= 11 is 0. The van der Waals surface area contributed by atoms with Crippen molar-refractivity contribution in [2.45, 2.75) is 6.92 Å². The van der Waals surface area contributed by atoms with Gasteiger partial charge in [-0.15, -0.1) is 0 Å². The smallest absolute Gasteiger partial charge is 0.195 e. The molecule has 0 spiro atoms. The Morgan fingerprint density at radius 1 is 0.703 bits per heavy atom. The maximum atomic E-state index is 13.7. The van der Waals surface area contributed by atoms with E-state index < -0.39 is 0 Å². The largest absolute Gasteiger partial charge is 0.368 e. The number of nitrogens with one attached hydrogen (secondary N) is 1. The molecule has 0 atom stereocenters. The van der Waals surface area contributed by atoms with Crippen LogP contribution in [-0.2, 0) is 0 Å². The molecule has 184 valence electrons. The third-order valence-electron chi connectivity index (χ3n) is 6.88. The molecular weight excluding hydrogens is 458 g/mol. The van der Waals surface area contributed by atoms with E-state index in [4.69, 9.17) is 4.98 Å². The summed E-state index contributed by atoms with van der Waals surface area (Å²) in [5, 5.41) is 4.10. The van der Waals surface area contributed by atoms with Crippen molar-refractivity contribution in [2.24, 2.45) is 0 Å². The van der Waals surface area contributed by atoms with E-state index >= 15 is 0 Å². The number of pyridine rings is 2. The summed E-state index contributed by atoms with van der Waals surface area (Å²) in [4.78, 5) is 23.4. The van der Waals surface area contributed by atoms with Gasteiger partial charge in [-0.25, -0.2) is 4.98 Å². The highest BCUT2D eigenvalue weighted by atomic mass is 16.1. The van der Waals surface area contributed by atoms with Gasteiger partial charge in [0.2, 0.25) is 0 Å². The molecule has 6 rings (SSSR count). The quantitative estimate of drug-likeness (QED) is 0.341. The van der Waals surface area contributed by atoms with E-state index in [2.05, 4.69) is 50.0 Å². The van der Waals surface area contributed by atoms with Crippen molar-refractivity contribution >= 4 is 33.9 Å². The van der Waals surface area contributed by atoms with Crippen LogP contribution < -0.4 is 20.5 Å². The lowest BCUT2D eigenvalue weighted by atomic mass is 10.1. The minimum atomic E-state index is -0.0337. The van der Waals surface area contributed by atoms with Gasteiger partial charge in [-0.3, -0.25) is 9.36 Å². The number of hydrogen-bond donors (Lipinski definition) is 1. The van der Waals surface area contributed by atoms with Gasteiger partial charge < -0.3 is 15.1 Å². The van der Waals surface area contributed by atoms with Crippen molar-refractivity contribution < 1.29 is 0 Å². The SMILES string of the molecule is Cc1cc(N2CCN(c3ccccc3)CC2)c2c(=O)cc(Nc3ccccc3)n(-c3ccccc3)c2n1. The van der Waals surface area contributed by atoms with Crippen LogP contribution in [0.3, 0.4) is 0 Å². The Morgan fingerprint density at radius 2 is 1.27 bits per heavy atom. The summed E-state index contributed by atoms with van der Waals surface area (Å²) < 4.78 is 2.06. The zero-order valence-electron chi connectivity index (χ0n) is 20.8. The van der Waals surface area contributed by atoms with Crippen LogP contribution in [0.1, 0.15) is 5.69 Å². The zero-order valence-corrected chi connectivity index (χ0v) is 20.8. The first-order chi connectivity index (χ1) is 18.2. The zero-order chi connectivity index (χ0) is 25.2. The Morgan fingerprint density at radius 3 is 1.92 bits per heavy atom. The minimum Gasteiger partial charge on any atom is -0.368 e. The summed E-state index contributed by atoms with van der Waals surface area (Å²) in [5.41, 5.74) is 5.57. The lowest BCUT2D eigenvalue weighted by Gasteiger charge is -2.38. The molecule has 5 aromatic rings. The third-order valence-corrected chi connectivity index (χ3v) is 6.88. The Bertz CT molecular complexity index is 1580. The summed E-state index contributed by atoms with van der Waals surface area (Å²) in [6, 6.07) is 34.3. The average Bonchev–Trinajstić information content (AvgIpc) is 2.94. The fourth-order valence-corrected chi connectivity index (χ4v) is 5.11. The van der Waals surface area contributed by atoms with Crippen molar-refractivity contribution in [2.75, 3.05) is 41.3 Å². The highest BCUT2D eigenvalue weighted by molar-refractivity contribution is 5.92. The van der Waals surface area contributed by atoms with E-state index in [0.29, 0.717) is 16.9 Å².